The Morgan fingerprint density at radius 1 is 1.08 bits per heavy atom. The summed E-state index contributed by atoms with van der Waals surface area (Å²) in [6.07, 6.45) is -6.84. The Labute approximate surface area is 68.7 Å². The summed E-state index contributed by atoms with van der Waals surface area (Å²) in [5.74, 6) is 0. The molecule has 0 aliphatic heterocycles. The zero-order chi connectivity index (χ0) is 9.72. The minimum atomic E-state index is -1.79. The van der Waals surface area contributed by atoms with Crippen LogP contribution in [-0.2, 0) is 4.79 Å². The molecule has 0 bridgehead atoms. The fourth-order valence-electron chi connectivity index (χ4n) is 0.618. The molecule has 0 aromatic heterocycles. The van der Waals surface area contributed by atoms with Gasteiger partial charge in [-0.1, -0.05) is 0 Å². The van der Waals surface area contributed by atoms with Crippen LogP contribution >= 0.6 is 0 Å². The summed E-state index contributed by atoms with van der Waals surface area (Å²) in [5, 5.41) is 43.5. The molecule has 6 heteroatoms. The van der Waals surface area contributed by atoms with Gasteiger partial charge in [-0.15, -0.1) is 0 Å². The van der Waals surface area contributed by atoms with Crippen LogP contribution in [0.1, 0.15) is 0 Å². The molecule has 12 heavy (non-hydrogen) atoms. The summed E-state index contributed by atoms with van der Waals surface area (Å²) < 4.78 is 0. The third-order valence-corrected chi connectivity index (χ3v) is 1.42. The van der Waals surface area contributed by atoms with Crippen molar-refractivity contribution in [1.29, 1.82) is 0 Å². The second kappa shape index (κ2) is 5.18. The van der Waals surface area contributed by atoms with Gasteiger partial charge in [-0.05, 0) is 0 Å². The molecule has 0 unspecified atom stereocenters. The molecule has 0 fully saturated rings. The summed E-state index contributed by atoms with van der Waals surface area (Å²) in [5.41, 5.74) is 0. The van der Waals surface area contributed by atoms with Crippen molar-refractivity contribution in [2.24, 2.45) is 0 Å². The first kappa shape index (κ1) is 11.5. The van der Waals surface area contributed by atoms with Gasteiger partial charge in [0.05, 0.1) is 6.61 Å². The monoisotopic (exact) mass is 182 g/mol. The molecule has 0 saturated heterocycles. The Kier molecular flexibility index (Phi) is 4.95. The van der Waals surface area contributed by atoms with Crippen LogP contribution in [0.25, 0.3) is 0 Å². The Bertz CT molecular complexity index is 138. The molecule has 0 rings (SSSR count). The van der Waals surface area contributed by atoms with Gasteiger partial charge < -0.3 is 30.3 Å². The van der Waals surface area contributed by atoms with Crippen molar-refractivity contribution in [2.75, 3.05) is 6.61 Å². The zero-order valence-corrected chi connectivity index (χ0v) is 6.24. The molecule has 0 radical (unpaired) electrons. The Morgan fingerprint density at radius 3 is 1.92 bits per heavy atom. The third-order valence-electron chi connectivity index (χ3n) is 1.42. The largest absolute Gasteiger partial charge is 0.394 e. The van der Waals surface area contributed by atoms with Crippen molar-refractivity contribution in [1.82, 2.24) is 0 Å². The van der Waals surface area contributed by atoms with Crippen molar-refractivity contribution in [3.8, 4) is 0 Å². The summed E-state index contributed by atoms with van der Waals surface area (Å²) in [6.45, 7) is -0.760. The van der Waals surface area contributed by atoms with E-state index in [0.29, 0.717) is 0 Å². The highest BCUT2D eigenvalue weighted by Crippen LogP contribution is 2.02. The van der Waals surface area contributed by atoms with Gasteiger partial charge in [0, 0.05) is 0 Å². The Hall–Kier alpha value is -0.530. The molecule has 0 saturated carbocycles. The highest BCUT2D eigenvalue weighted by Gasteiger charge is 2.29. The molecule has 0 heterocycles. The normalized spacial score (nSPS) is 21.1. The first-order chi connectivity index (χ1) is 5.54. The van der Waals surface area contributed by atoms with Gasteiger partial charge >= 0.3 is 0 Å². The van der Waals surface area contributed by atoms with Crippen molar-refractivity contribution in [3.63, 3.8) is 0 Å². The van der Waals surface area contributed by atoms with E-state index in [9.17, 15) is 4.79 Å². The molecule has 0 aliphatic carbocycles. The van der Waals surface area contributed by atoms with Gasteiger partial charge in [0.15, 0.2) is 6.29 Å². The molecule has 4 atom stereocenters. The minimum absolute atomic E-state index is 0.0258. The van der Waals surface area contributed by atoms with Crippen LogP contribution < -0.4 is 0 Å². The van der Waals surface area contributed by atoms with Crippen LogP contribution in [0.15, 0.2) is 0 Å². The van der Waals surface area contributed by atoms with Crippen LogP contribution in [0.4, 0.5) is 0 Å². The second-order valence-corrected chi connectivity index (χ2v) is 2.36. The molecule has 0 aliphatic rings. The smallest absolute Gasteiger partial charge is 0.151 e. The molecule has 5 N–H and O–H groups in total. The maximum atomic E-state index is 9.90. The Balaban J connectivity index is 4.07. The van der Waals surface area contributed by atoms with Gasteiger partial charge in [-0.3, -0.25) is 0 Å². The quantitative estimate of drug-likeness (QED) is 0.223. The average molecular weight is 182 g/mol. The molecule has 0 aromatic rings. The number of aldehydes is 1. The predicted octanol–water partition coefficient (Wildman–Crippen LogP) is -3.38. The van der Waals surface area contributed by atoms with E-state index in [0.717, 1.165) is 0 Å². The van der Waals surface area contributed by atoms with Gasteiger partial charge in [-0.2, -0.15) is 0 Å². The number of aliphatic hydroxyl groups is 5. The summed E-state index contributed by atoms with van der Waals surface area (Å²) in [6, 6.07) is 0. The lowest BCUT2D eigenvalue weighted by atomic mass is 10.1. The van der Waals surface area contributed by atoms with E-state index in [2.05, 4.69) is 0 Å². The number of carbonyl (C=O) groups excluding carboxylic acids is 1. The topological polar surface area (TPSA) is 118 Å². The maximum Gasteiger partial charge on any atom is 0.151 e. The first-order valence-corrected chi connectivity index (χ1v) is 3.33. The first-order valence-electron chi connectivity index (χ1n) is 3.33. The standard InChI is InChI=1S/C6H12O6/c7-1-3(9)5(11)6(12)4(10)2-8/h1,3-6,8-12H,2H2/t3-,4+,5+,6-/m0/s1/i1+1,2+1. The minimum Gasteiger partial charge on any atom is -0.394 e. The molecular weight excluding hydrogens is 170 g/mol. The molecular formula is C6H12O6. The zero-order valence-electron chi connectivity index (χ0n) is 6.24. The van der Waals surface area contributed by atoms with E-state index in [-0.39, 0.29) is 6.29 Å². The van der Waals surface area contributed by atoms with Crippen LogP contribution in [0.5, 0.6) is 0 Å². The average Bonchev–Trinajstić information content (AvgIpc) is 2.12. The van der Waals surface area contributed by atoms with E-state index in [1.54, 1.807) is 0 Å². The summed E-state index contributed by atoms with van der Waals surface area (Å²) in [7, 11) is 0. The van der Waals surface area contributed by atoms with E-state index >= 15 is 0 Å². The molecule has 72 valence electrons. The van der Waals surface area contributed by atoms with Crippen LogP contribution in [0.2, 0.25) is 0 Å². The van der Waals surface area contributed by atoms with E-state index in [1.807, 2.05) is 0 Å². The highest BCUT2D eigenvalue weighted by atomic mass is 16.4. The number of hydrogen-bond donors (Lipinski definition) is 5. The molecule has 6 nitrogen and oxygen atoms in total. The predicted molar refractivity (Wildman–Crippen MR) is 37.2 cm³/mol. The van der Waals surface area contributed by atoms with Crippen molar-refractivity contribution in [3.05, 3.63) is 0 Å². The van der Waals surface area contributed by atoms with Crippen LogP contribution in [-0.4, -0.2) is 62.8 Å². The number of hydrogen-bond acceptors (Lipinski definition) is 6. The molecule has 0 spiro atoms. The maximum absolute atomic E-state index is 9.90. The second-order valence-electron chi connectivity index (χ2n) is 2.36. The number of rotatable bonds is 5. The van der Waals surface area contributed by atoms with Gasteiger partial charge in [0.25, 0.3) is 0 Å². The van der Waals surface area contributed by atoms with E-state index < -0.39 is 31.0 Å². The van der Waals surface area contributed by atoms with Gasteiger partial charge in [-0.25, -0.2) is 0 Å². The van der Waals surface area contributed by atoms with Gasteiger partial charge in [0.2, 0.25) is 0 Å². The van der Waals surface area contributed by atoms with E-state index in [4.69, 9.17) is 25.5 Å². The van der Waals surface area contributed by atoms with Crippen LogP contribution in [0, 0.1) is 0 Å². The third kappa shape index (κ3) is 2.84. The fourth-order valence-corrected chi connectivity index (χ4v) is 0.618. The van der Waals surface area contributed by atoms with E-state index in [1.165, 1.54) is 0 Å². The number of aliphatic hydroxyl groups excluding tert-OH is 5. The number of carbonyl (C=O) groups is 1. The molecule has 0 amide bonds. The fraction of sp³-hybridized carbons (Fsp3) is 0.833. The van der Waals surface area contributed by atoms with Crippen molar-refractivity contribution >= 4 is 6.29 Å². The lowest BCUT2D eigenvalue weighted by Crippen LogP contribution is -2.46. The van der Waals surface area contributed by atoms with Crippen molar-refractivity contribution in [2.45, 2.75) is 24.4 Å². The lowest BCUT2D eigenvalue weighted by molar-refractivity contribution is -0.136. The van der Waals surface area contributed by atoms with Gasteiger partial charge in [0.1, 0.15) is 24.4 Å². The van der Waals surface area contributed by atoms with Crippen molar-refractivity contribution < 1.29 is 30.3 Å². The SMILES string of the molecule is O=[13CH][C@H](O)[C@@H](O)[C@@H](O)[C@H](O)[13CH2]O. The Morgan fingerprint density at radius 2 is 1.58 bits per heavy atom. The highest BCUT2D eigenvalue weighted by molar-refractivity contribution is 5.56. The molecule has 0 aromatic carbocycles. The summed E-state index contributed by atoms with van der Waals surface area (Å²) in [4.78, 5) is 9.90. The lowest BCUT2D eigenvalue weighted by Gasteiger charge is -2.22. The van der Waals surface area contributed by atoms with Crippen LogP contribution in [0.3, 0.4) is 0 Å². The summed E-state index contributed by atoms with van der Waals surface area (Å²) >= 11 is 0.